The molecule has 1 saturated carbocycles. The van der Waals surface area contributed by atoms with Crippen molar-refractivity contribution in [3.05, 3.63) is 66.6 Å². The molecule has 1 fully saturated rings. The van der Waals surface area contributed by atoms with Crippen molar-refractivity contribution in [2.45, 2.75) is 38.3 Å². The van der Waals surface area contributed by atoms with E-state index >= 15 is 0 Å². The van der Waals surface area contributed by atoms with Gasteiger partial charge in [-0.2, -0.15) is 0 Å². The van der Waals surface area contributed by atoms with Crippen LogP contribution >= 0.6 is 0 Å². The molecule has 174 valence electrons. The summed E-state index contributed by atoms with van der Waals surface area (Å²) < 4.78 is 7.85. The van der Waals surface area contributed by atoms with E-state index in [1.807, 2.05) is 48.5 Å². The number of rotatable bonds is 6. The van der Waals surface area contributed by atoms with Crippen LogP contribution in [0, 0.1) is 0 Å². The van der Waals surface area contributed by atoms with Crippen LogP contribution in [-0.4, -0.2) is 27.7 Å². The van der Waals surface area contributed by atoms with E-state index in [9.17, 15) is 4.79 Å². The van der Waals surface area contributed by atoms with Gasteiger partial charge in [-0.3, -0.25) is 0 Å². The molecule has 5 rings (SSSR count). The van der Waals surface area contributed by atoms with Crippen molar-refractivity contribution in [3.8, 4) is 16.9 Å². The average molecular weight is 457 g/mol. The zero-order valence-corrected chi connectivity index (χ0v) is 19.1. The molecule has 4 N–H and O–H groups in total. The number of ether oxygens (including phenoxy) is 1. The van der Waals surface area contributed by atoms with Gasteiger partial charge in [0, 0.05) is 24.3 Å². The number of aromatic nitrogens is 3. The summed E-state index contributed by atoms with van der Waals surface area (Å²) in [5.41, 5.74) is 10.6. The number of benzene rings is 2. The highest BCUT2D eigenvalue weighted by molar-refractivity contribution is 6.01. The Labute approximate surface area is 198 Å². The number of amides is 2. The van der Waals surface area contributed by atoms with Crippen LogP contribution < -0.4 is 21.1 Å². The lowest BCUT2D eigenvalue weighted by molar-refractivity contribution is 0.251. The number of hydrogen-bond acceptors (Lipinski definition) is 5. The lowest BCUT2D eigenvalue weighted by Gasteiger charge is -2.13. The number of hydrogen-bond donors (Lipinski definition) is 3. The molecule has 8 nitrogen and oxygen atoms in total. The number of urea groups is 1. The van der Waals surface area contributed by atoms with Gasteiger partial charge in [0.1, 0.15) is 23.5 Å². The van der Waals surface area contributed by atoms with Crippen molar-refractivity contribution in [2.24, 2.45) is 0 Å². The van der Waals surface area contributed by atoms with Crippen molar-refractivity contribution in [2.75, 3.05) is 18.2 Å². The third kappa shape index (κ3) is 4.26. The molecule has 8 heteroatoms. The molecule has 1 aliphatic rings. The van der Waals surface area contributed by atoms with Crippen LogP contribution in [-0.2, 0) is 6.54 Å². The van der Waals surface area contributed by atoms with Gasteiger partial charge in [0.05, 0.1) is 18.2 Å². The molecule has 2 amide bonds. The van der Waals surface area contributed by atoms with Crippen LogP contribution in [0.1, 0.15) is 37.3 Å². The largest absolute Gasteiger partial charge is 0.495 e. The summed E-state index contributed by atoms with van der Waals surface area (Å²) in [7, 11) is 1.59. The van der Waals surface area contributed by atoms with Crippen molar-refractivity contribution in [3.63, 3.8) is 0 Å². The fourth-order valence-corrected chi connectivity index (χ4v) is 4.69. The minimum Gasteiger partial charge on any atom is -0.495 e. The normalized spacial score (nSPS) is 13.8. The molecule has 0 spiro atoms. The van der Waals surface area contributed by atoms with E-state index in [1.54, 1.807) is 7.11 Å². The molecule has 4 aromatic rings. The SMILES string of the molecule is COc1cc(-c2cn(C3CCCC3)c3ncnc(N)c23)ccc1NC(=O)NCc1ccccc1. The predicted octanol–water partition coefficient (Wildman–Crippen LogP) is 5.13. The van der Waals surface area contributed by atoms with Gasteiger partial charge in [-0.1, -0.05) is 49.2 Å². The topological polar surface area (TPSA) is 107 Å². The standard InChI is InChI=1S/C26H28N6O2/c1-34-22-13-18(11-12-21(22)31-26(33)28-14-17-7-3-2-4-8-17)20-15-32(19-9-5-6-10-19)25-23(20)24(27)29-16-30-25/h2-4,7-8,11-13,15-16,19H,5-6,9-10,14H2,1H3,(H2,27,29,30)(H2,28,31,33). The number of anilines is 2. The lowest BCUT2D eigenvalue weighted by Crippen LogP contribution is -2.28. The zero-order valence-electron chi connectivity index (χ0n) is 19.1. The number of nitrogens with one attached hydrogen (secondary N) is 2. The van der Waals surface area contributed by atoms with Crippen LogP contribution in [0.15, 0.2) is 61.1 Å². The lowest BCUT2D eigenvalue weighted by atomic mass is 10.0. The predicted molar refractivity (Wildman–Crippen MR) is 134 cm³/mol. The van der Waals surface area contributed by atoms with E-state index in [-0.39, 0.29) is 6.03 Å². The first-order chi connectivity index (χ1) is 16.6. The van der Waals surface area contributed by atoms with E-state index < -0.39 is 0 Å². The molecule has 34 heavy (non-hydrogen) atoms. The fraction of sp³-hybridized carbons (Fsp3) is 0.269. The smallest absolute Gasteiger partial charge is 0.319 e. The monoisotopic (exact) mass is 456 g/mol. The van der Waals surface area contributed by atoms with Gasteiger partial charge < -0.3 is 25.7 Å². The van der Waals surface area contributed by atoms with E-state index in [4.69, 9.17) is 10.5 Å². The third-order valence-corrected chi connectivity index (χ3v) is 6.41. The van der Waals surface area contributed by atoms with Crippen molar-refractivity contribution >= 4 is 28.6 Å². The van der Waals surface area contributed by atoms with Gasteiger partial charge in [-0.25, -0.2) is 14.8 Å². The summed E-state index contributed by atoms with van der Waals surface area (Å²) in [6.07, 6.45) is 8.37. The summed E-state index contributed by atoms with van der Waals surface area (Å²) in [4.78, 5) is 21.3. The quantitative estimate of drug-likeness (QED) is 0.373. The van der Waals surface area contributed by atoms with Gasteiger partial charge in [0.15, 0.2) is 0 Å². The van der Waals surface area contributed by atoms with Crippen LogP contribution in [0.5, 0.6) is 5.75 Å². The maximum atomic E-state index is 12.5. The van der Waals surface area contributed by atoms with Crippen molar-refractivity contribution in [1.29, 1.82) is 0 Å². The van der Waals surface area contributed by atoms with Crippen LogP contribution in [0.4, 0.5) is 16.3 Å². The Balaban J connectivity index is 1.42. The first-order valence-corrected chi connectivity index (χ1v) is 11.5. The minimum absolute atomic E-state index is 0.301. The van der Waals surface area contributed by atoms with Crippen molar-refractivity contribution < 1.29 is 9.53 Å². The second kappa shape index (κ2) is 9.43. The van der Waals surface area contributed by atoms with E-state index in [1.165, 1.54) is 19.2 Å². The van der Waals surface area contributed by atoms with E-state index in [0.29, 0.717) is 29.8 Å². The minimum atomic E-state index is -0.301. The number of carbonyl (C=O) groups is 1. The molecule has 2 heterocycles. The number of nitrogen functional groups attached to an aromatic ring is 1. The maximum Gasteiger partial charge on any atom is 0.319 e. The molecule has 0 bridgehead atoms. The summed E-state index contributed by atoms with van der Waals surface area (Å²) in [5, 5.41) is 6.59. The molecule has 0 unspecified atom stereocenters. The highest BCUT2D eigenvalue weighted by Gasteiger charge is 2.23. The number of nitrogens with zero attached hydrogens (tertiary/aromatic N) is 3. The Kier molecular flexibility index (Phi) is 6.03. The second-order valence-corrected chi connectivity index (χ2v) is 8.55. The Hall–Kier alpha value is -4.07. The molecule has 2 aromatic heterocycles. The van der Waals surface area contributed by atoms with Crippen LogP contribution in [0.2, 0.25) is 0 Å². The van der Waals surface area contributed by atoms with Gasteiger partial charge in [0.2, 0.25) is 0 Å². The van der Waals surface area contributed by atoms with E-state index in [0.717, 1.165) is 40.6 Å². The maximum absolute atomic E-state index is 12.5. The molecule has 1 aliphatic carbocycles. The first-order valence-electron chi connectivity index (χ1n) is 11.5. The molecule has 0 aliphatic heterocycles. The summed E-state index contributed by atoms with van der Waals surface area (Å²) in [6.45, 7) is 0.438. The molecule has 0 atom stereocenters. The second-order valence-electron chi connectivity index (χ2n) is 8.55. The molecule has 0 radical (unpaired) electrons. The van der Waals surface area contributed by atoms with Gasteiger partial charge in [-0.15, -0.1) is 0 Å². The number of methoxy groups -OCH3 is 1. The Morgan fingerprint density at radius 3 is 2.71 bits per heavy atom. The highest BCUT2D eigenvalue weighted by Crippen LogP contribution is 2.40. The van der Waals surface area contributed by atoms with Gasteiger partial charge in [-0.05, 0) is 36.1 Å². The molecule has 2 aromatic carbocycles. The van der Waals surface area contributed by atoms with Gasteiger partial charge >= 0.3 is 6.03 Å². The third-order valence-electron chi connectivity index (χ3n) is 6.41. The highest BCUT2D eigenvalue weighted by atomic mass is 16.5. The number of nitrogens with two attached hydrogens (primary N) is 1. The first kappa shape index (κ1) is 21.8. The summed E-state index contributed by atoms with van der Waals surface area (Å²) in [6, 6.07) is 15.6. The van der Waals surface area contributed by atoms with Crippen LogP contribution in [0.3, 0.4) is 0 Å². The summed E-state index contributed by atoms with van der Waals surface area (Å²) >= 11 is 0. The van der Waals surface area contributed by atoms with E-state index in [2.05, 4.69) is 31.4 Å². The Morgan fingerprint density at radius 2 is 1.94 bits per heavy atom. The molecular formula is C26H28N6O2. The fourth-order valence-electron chi connectivity index (χ4n) is 4.69. The Bertz CT molecular complexity index is 1310. The Morgan fingerprint density at radius 1 is 1.15 bits per heavy atom. The van der Waals surface area contributed by atoms with Gasteiger partial charge in [0.25, 0.3) is 0 Å². The molecule has 0 saturated heterocycles. The average Bonchev–Trinajstić information content (AvgIpc) is 3.52. The van der Waals surface area contributed by atoms with Crippen LogP contribution in [0.25, 0.3) is 22.2 Å². The number of fused-ring (bicyclic) bond motifs is 1. The van der Waals surface area contributed by atoms with Crippen molar-refractivity contribution in [1.82, 2.24) is 19.9 Å². The zero-order chi connectivity index (χ0) is 23.5. The number of carbonyl (C=O) groups excluding carboxylic acids is 1. The molecular weight excluding hydrogens is 428 g/mol. The summed E-state index contributed by atoms with van der Waals surface area (Å²) in [5.74, 6) is 1.02.